The molecule has 0 aliphatic heterocycles. The van der Waals surface area contributed by atoms with Gasteiger partial charge in [-0.05, 0) is 32.9 Å². The first kappa shape index (κ1) is 15.5. The number of hydrogen-bond acceptors (Lipinski definition) is 5. The number of ether oxygens (including phenoxy) is 1. The lowest BCUT2D eigenvalue weighted by molar-refractivity contribution is 0.1000. The molecule has 1 aromatic rings. The Morgan fingerprint density at radius 2 is 2.05 bits per heavy atom. The van der Waals surface area contributed by atoms with Gasteiger partial charge in [0.25, 0.3) is 0 Å². The summed E-state index contributed by atoms with van der Waals surface area (Å²) in [6.07, 6.45) is 0.702. The van der Waals surface area contributed by atoms with Crippen LogP contribution in [0.4, 0.5) is 0 Å². The smallest absolute Gasteiger partial charge is 0.128 e. The molecule has 5 nitrogen and oxygen atoms in total. The van der Waals surface area contributed by atoms with E-state index >= 15 is 0 Å². The van der Waals surface area contributed by atoms with Crippen LogP contribution in [0.1, 0.15) is 26.3 Å². The molecule has 0 aliphatic rings. The van der Waals surface area contributed by atoms with Crippen LogP contribution in [0.3, 0.4) is 0 Å². The second-order valence-corrected chi connectivity index (χ2v) is 5.38. The van der Waals surface area contributed by atoms with Crippen molar-refractivity contribution < 1.29 is 15.1 Å². The van der Waals surface area contributed by atoms with E-state index in [1.807, 2.05) is 32.9 Å². The fourth-order valence-corrected chi connectivity index (χ4v) is 1.45. The van der Waals surface area contributed by atoms with Gasteiger partial charge in [-0.15, -0.1) is 0 Å². The van der Waals surface area contributed by atoms with Gasteiger partial charge in [0.05, 0.1) is 6.21 Å². The molecule has 106 valence electrons. The zero-order chi connectivity index (χ0) is 14.3. The standard InChI is InChI=1S/C14H22N2O3/c1-14(2,3)15-9-12(17)10-19-13-7-5-4-6-11(13)8-16-18/h4-8,12,15,17-18H,9-10H2,1-3H3/b16-8+. The van der Waals surface area contributed by atoms with E-state index in [-0.39, 0.29) is 12.1 Å². The van der Waals surface area contributed by atoms with Crippen LogP contribution in [0.2, 0.25) is 0 Å². The van der Waals surface area contributed by atoms with Gasteiger partial charge in [0.2, 0.25) is 0 Å². The molecule has 5 heteroatoms. The van der Waals surface area contributed by atoms with E-state index < -0.39 is 6.10 Å². The second kappa shape index (κ2) is 7.11. The van der Waals surface area contributed by atoms with Gasteiger partial charge in [-0.2, -0.15) is 0 Å². The van der Waals surface area contributed by atoms with Gasteiger partial charge >= 0.3 is 0 Å². The molecule has 19 heavy (non-hydrogen) atoms. The Morgan fingerprint density at radius 3 is 2.68 bits per heavy atom. The molecule has 0 amide bonds. The first-order valence-corrected chi connectivity index (χ1v) is 6.25. The van der Waals surface area contributed by atoms with Crippen LogP contribution < -0.4 is 10.1 Å². The van der Waals surface area contributed by atoms with Crippen molar-refractivity contribution in [3.8, 4) is 5.75 Å². The maximum atomic E-state index is 9.82. The molecule has 0 fully saturated rings. The first-order chi connectivity index (χ1) is 8.92. The number of para-hydroxylation sites is 1. The highest BCUT2D eigenvalue weighted by Crippen LogP contribution is 2.16. The lowest BCUT2D eigenvalue weighted by Crippen LogP contribution is -2.42. The normalized spacial score (nSPS) is 13.7. The Bertz CT molecular complexity index is 413. The summed E-state index contributed by atoms with van der Waals surface area (Å²) in [5.74, 6) is 0.579. The molecule has 0 heterocycles. The molecule has 0 radical (unpaired) electrons. The molecular formula is C14H22N2O3. The molecule has 0 aliphatic carbocycles. The minimum atomic E-state index is -0.599. The molecule has 0 spiro atoms. The Balaban J connectivity index is 2.48. The average Bonchev–Trinajstić information content (AvgIpc) is 2.35. The lowest BCUT2D eigenvalue weighted by atomic mass is 10.1. The zero-order valence-corrected chi connectivity index (χ0v) is 11.6. The van der Waals surface area contributed by atoms with Crippen LogP contribution in [-0.4, -0.2) is 41.3 Å². The highest BCUT2D eigenvalue weighted by atomic mass is 16.5. The van der Waals surface area contributed by atoms with E-state index in [1.165, 1.54) is 6.21 Å². The number of benzene rings is 1. The van der Waals surface area contributed by atoms with E-state index in [1.54, 1.807) is 12.1 Å². The molecule has 0 saturated heterocycles. The largest absolute Gasteiger partial charge is 0.490 e. The average molecular weight is 266 g/mol. The molecule has 1 atom stereocenters. The van der Waals surface area contributed by atoms with E-state index in [2.05, 4.69) is 10.5 Å². The Kier molecular flexibility index (Phi) is 5.79. The number of nitrogens with zero attached hydrogens (tertiary/aromatic N) is 1. The highest BCUT2D eigenvalue weighted by Gasteiger charge is 2.13. The first-order valence-electron chi connectivity index (χ1n) is 6.25. The fourth-order valence-electron chi connectivity index (χ4n) is 1.45. The van der Waals surface area contributed by atoms with Crippen molar-refractivity contribution in [3.05, 3.63) is 29.8 Å². The lowest BCUT2D eigenvalue weighted by Gasteiger charge is -2.23. The summed E-state index contributed by atoms with van der Waals surface area (Å²) >= 11 is 0. The predicted molar refractivity (Wildman–Crippen MR) is 75.1 cm³/mol. The number of rotatable bonds is 6. The molecule has 1 unspecified atom stereocenters. The number of β-amino-alcohol motifs (C(OH)–C–C–N with tert-alkyl or cyclic N) is 1. The van der Waals surface area contributed by atoms with Gasteiger partial charge in [-0.1, -0.05) is 17.3 Å². The summed E-state index contributed by atoms with van der Waals surface area (Å²) in [6.45, 7) is 6.74. The van der Waals surface area contributed by atoms with Crippen LogP contribution in [0.25, 0.3) is 0 Å². The number of nitrogens with one attached hydrogen (secondary N) is 1. The molecule has 1 rings (SSSR count). The van der Waals surface area contributed by atoms with E-state index in [9.17, 15) is 5.11 Å². The van der Waals surface area contributed by atoms with Crippen molar-refractivity contribution in [1.82, 2.24) is 5.32 Å². The summed E-state index contributed by atoms with van der Waals surface area (Å²) in [7, 11) is 0. The van der Waals surface area contributed by atoms with Gasteiger partial charge in [0.15, 0.2) is 0 Å². The van der Waals surface area contributed by atoms with Crippen LogP contribution in [0.15, 0.2) is 29.4 Å². The molecule has 0 saturated carbocycles. The summed E-state index contributed by atoms with van der Waals surface area (Å²) < 4.78 is 5.52. The number of aliphatic hydroxyl groups excluding tert-OH is 1. The van der Waals surface area contributed by atoms with Crippen molar-refractivity contribution in [2.24, 2.45) is 5.16 Å². The monoisotopic (exact) mass is 266 g/mol. The molecular weight excluding hydrogens is 244 g/mol. The third-order valence-electron chi connectivity index (χ3n) is 2.42. The molecule has 1 aromatic carbocycles. The summed E-state index contributed by atoms with van der Waals surface area (Å²) in [5.41, 5.74) is 0.628. The summed E-state index contributed by atoms with van der Waals surface area (Å²) in [4.78, 5) is 0. The highest BCUT2D eigenvalue weighted by molar-refractivity contribution is 5.82. The molecule has 3 N–H and O–H groups in total. The topological polar surface area (TPSA) is 74.1 Å². The SMILES string of the molecule is CC(C)(C)NCC(O)COc1ccccc1/C=N/O. The Labute approximate surface area is 113 Å². The minimum Gasteiger partial charge on any atom is -0.490 e. The van der Waals surface area contributed by atoms with Crippen molar-refractivity contribution in [2.75, 3.05) is 13.2 Å². The fraction of sp³-hybridized carbons (Fsp3) is 0.500. The van der Waals surface area contributed by atoms with Gasteiger partial charge in [0, 0.05) is 17.6 Å². The van der Waals surface area contributed by atoms with Gasteiger partial charge < -0.3 is 20.4 Å². The quantitative estimate of drug-likeness (QED) is 0.415. The van der Waals surface area contributed by atoms with Crippen molar-refractivity contribution in [1.29, 1.82) is 0 Å². The van der Waals surface area contributed by atoms with Crippen LogP contribution in [-0.2, 0) is 0 Å². The van der Waals surface area contributed by atoms with Gasteiger partial charge in [-0.25, -0.2) is 0 Å². The van der Waals surface area contributed by atoms with Gasteiger partial charge in [-0.3, -0.25) is 0 Å². The summed E-state index contributed by atoms with van der Waals surface area (Å²) in [5, 5.41) is 24.6. The third-order valence-corrected chi connectivity index (χ3v) is 2.42. The second-order valence-electron chi connectivity index (χ2n) is 5.38. The van der Waals surface area contributed by atoms with Gasteiger partial charge in [0.1, 0.15) is 18.5 Å². The number of aliphatic hydroxyl groups is 1. The van der Waals surface area contributed by atoms with Crippen molar-refractivity contribution in [2.45, 2.75) is 32.4 Å². The van der Waals surface area contributed by atoms with E-state index in [0.29, 0.717) is 17.9 Å². The Morgan fingerprint density at radius 1 is 1.37 bits per heavy atom. The third kappa shape index (κ3) is 6.22. The van der Waals surface area contributed by atoms with Crippen LogP contribution in [0, 0.1) is 0 Å². The maximum absolute atomic E-state index is 9.82. The number of hydrogen-bond donors (Lipinski definition) is 3. The Hall–Kier alpha value is -1.59. The van der Waals surface area contributed by atoms with E-state index in [0.717, 1.165) is 0 Å². The van der Waals surface area contributed by atoms with Crippen LogP contribution in [0.5, 0.6) is 5.75 Å². The van der Waals surface area contributed by atoms with E-state index in [4.69, 9.17) is 9.94 Å². The van der Waals surface area contributed by atoms with Crippen LogP contribution >= 0.6 is 0 Å². The molecule has 0 bridgehead atoms. The zero-order valence-electron chi connectivity index (χ0n) is 11.6. The minimum absolute atomic E-state index is 0.0393. The van der Waals surface area contributed by atoms with Crippen molar-refractivity contribution in [3.63, 3.8) is 0 Å². The predicted octanol–water partition coefficient (Wildman–Crippen LogP) is 1.62. The summed E-state index contributed by atoms with van der Waals surface area (Å²) in [6, 6.07) is 7.18. The number of oxime groups is 1. The van der Waals surface area contributed by atoms with Crippen molar-refractivity contribution >= 4 is 6.21 Å². The molecule has 0 aromatic heterocycles. The maximum Gasteiger partial charge on any atom is 0.128 e.